The van der Waals surface area contributed by atoms with Gasteiger partial charge in [-0.3, -0.25) is 9.59 Å². The summed E-state index contributed by atoms with van der Waals surface area (Å²) in [5, 5.41) is 0. The van der Waals surface area contributed by atoms with E-state index < -0.39 is 5.92 Å². The Bertz CT molecular complexity index is 1030. The van der Waals surface area contributed by atoms with E-state index in [1.54, 1.807) is 6.92 Å². The molecule has 0 heterocycles. The van der Waals surface area contributed by atoms with Crippen LogP contribution >= 0.6 is 0 Å². The third kappa shape index (κ3) is 6.05. The summed E-state index contributed by atoms with van der Waals surface area (Å²) in [5.74, 6) is -0.806. The second-order valence-electron chi connectivity index (χ2n) is 7.75. The molecule has 4 nitrogen and oxygen atoms in total. The zero-order valence-corrected chi connectivity index (χ0v) is 18.1. The van der Waals surface area contributed by atoms with E-state index in [-0.39, 0.29) is 18.2 Å². The van der Waals surface area contributed by atoms with Crippen molar-refractivity contribution < 1.29 is 14.3 Å². The standard InChI is InChI=1S/C27H29NO3/c1-3-31-27(30)23(10-9-20-7-5-4-6-8-20)18-26(29)22-13-11-21(12-14-22)25-16-15-24(28)17-19(25)2/h4-8,11-17,23H,3,9-10,18,28H2,1-2H3. The summed E-state index contributed by atoms with van der Waals surface area (Å²) >= 11 is 0. The van der Waals surface area contributed by atoms with E-state index in [2.05, 4.69) is 0 Å². The van der Waals surface area contributed by atoms with Crippen LogP contribution in [0.4, 0.5) is 5.69 Å². The fourth-order valence-electron chi connectivity index (χ4n) is 3.74. The molecule has 0 saturated heterocycles. The number of carbonyl (C=O) groups is 2. The number of benzene rings is 3. The number of ketones is 1. The Labute approximate surface area is 184 Å². The van der Waals surface area contributed by atoms with Gasteiger partial charge in [0.2, 0.25) is 0 Å². The van der Waals surface area contributed by atoms with Gasteiger partial charge in [0, 0.05) is 17.7 Å². The van der Waals surface area contributed by atoms with Gasteiger partial charge < -0.3 is 10.5 Å². The summed E-state index contributed by atoms with van der Waals surface area (Å²) < 4.78 is 5.23. The number of hydrogen-bond donors (Lipinski definition) is 1. The molecule has 0 fully saturated rings. The van der Waals surface area contributed by atoms with E-state index in [9.17, 15) is 9.59 Å². The van der Waals surface area contributed by atoms with Crippen molar-refractivity contribution >= 4 is 17.4 Å². The molecule has 0 aromatic heterocycles. The predicted molar refractivity (Wildman–Crippen MR) is 125 cm³/mol. The van der Waals surface area contributed by atoms with Crippen LogP contribution in [-0.2, 0) is 16.0 Å². The van der Waals surface area contributed by atoms with Crippen molar-refractivity contribution in [2.45, 2.75) is 33.1 Å². The van der Waals surface area contributed by atoms with Crippen molar-refractivity contribution in [1.29, 1.82) is 0 Å². The number of ether oxygens (including phenoxy) is 1. The minimum absolute atomic E-state index is 0.0494. The summed E-state index contributed by atoms with van der Waals surface area (Å²) in [4.78, 5) is 25.4. The average Bonchev–Trinajstić information content (AvgIpc) is 2.77. The second-order valence-corrected chi connectivity index (χ2v) is 7.75. The van der Waals surface area contributed by atoms with Crippen molar-refractivity contribution in [1.82, 2.24) is 0 Å². The van der Waals surface area contributed by atoms with Gasteiger partial charge in [-0.05, 0) is 61.1 Å². The van der Waals surface area contributed by atoms with E-state index in [4.69, 9.17) is 10.5 Å². The molecule has 0 aliphatic rings. The van der Waals surface area contributed by atoms with Gasteiger partial charge in [-0.1, -0.05) is 60.7 Å². The van der Waals surface area contributed by atoms with Crippen molar-refractivity contribution in [3.8, 4) is 11.1 Å². The van der Waals surface area contributed by atoms with E-state index >= 15 is 0 Å². The molecule has 1 unspecified atom stereocenters. The molecule has 0 aliphatic heterocycles. The molecule has 0 aliphatic carbocycles. The molecule has 0 saturated carbocycles. The molecule has 3 aromatic carbocycles. The smallest absolute Gasteiger partial charge is 0.309 e. The van der Waals surface area contributed by atoms with Gasteiger partial charge in [0.15, 0.2) is 5.78 Å². The topological polar surface area (TPSA) is 69.4 Å². The Morgan fingerprint density at radius 2 is 1.68 bits per heavy atom. The highest BCUT2D eigenvalue weighted by molar-refractivity contribution is 5.98. The molecule has 3 aromatic rings. The minimum atomic E-state index is -0.452. The average molecular weight is 416 g/mol. The molecular formula is C27H29NO3. The lowest BCUT2D eigenvalue weighted by Crippen LogP contribution is -2.22. The lowest BCUT2D eigenvalue weighted by molar-refractivity contribution is -0.148. The Morgan fingerprint density at radius 3 is 2.32 bits per heavy atom. The Kier molecular flexibility index (Phi) is 7.60. The molecule has 160 valence electrons. The lowest BCUT2D eigenvalue weighted by atomic mass is 9.91. The van der Waals surface area contributed by atoms with Gasteiger partial charge in [-0.25, -0.2) is 0 Å². The molecule has 0 spiro atoms. The fraction of sp³-hybridized carbons (Fsp3) is 0.259. The van der Waals surface area contributed by atoms with Crippen LogP contribution in [0.15, 0.2) is 72.8 Å². The SMILES string of the molecule is CCOC(=O)C(CCc1ccccc1)CC(=O)c1ccc(-c2ccc(N)cc2C)cc1. The first-order valence-corrected chi connectivity index (χ1v) is 10.7. The Hall–Kier alpha value is -3.40. The number of hydrogen-bond acceptors (Lipinski definition) is 4. The monoisotopic (exact) mass is 415 g/mol. The quantitative estimate of drug-likeness (QED) is 0.279. The molecular weight excluding hydrogens is 386 g/mol. The highest BCUT2D eigenvalue weighted by atomic mass is 16.5. The van der Waals surface area contributed by atoms with E-state index in [1.165, 1.54) is 0 Å². The Morgan fingerprint density at radius 1 is 0.968 bits per heavy atom. The molecule has 0 bridgehead atoms. The van der Waals surface area contributed by atoms with Crippen LogP contribution in [-0.4, -0.2) is 18.4 Å². The number of nitrogen functional groups attached to an aromatic ring is 1. The molecule has 0 radical (unpaired) electrons. The number of rotatable bonds is 9. The van der Waals surface area contributed by atoms with E-state index in [0.717, 1.165) is 34.4 Å². The number of anilines is 1. The summed E-state index contributed by atoms with van der Waals surface area (Å²) in [6.07, 6.45) is 1.45. The van der Waals surface area contributed by atoms with Crippen molar-refractivity contribution in [3.05, 3.63) is 89.5 Å². The largest absolute Gasteiger partial charge is 0.466 e. The normalized spacial score (nSPS) is 11.7. The zero-order valence-electron chi connectivity index (χ0n) is 18.1. The zero-order chi connectivity index (χ0) is 22.2. The van der Waals surface area contributed by atoms with Gasteiger partial charge in [-0.2, -0.15) is 0 Å². The summed E-state index contributed by atoms with van der Waals surface area (Å²) in [7, 11) is 0. The van der Waals surface area contributed by atoms with Crippen LogP contribution in [0.3, 0.4) is 0 Å². The molecule has 0 amide bonds. The van der Waals surface area contributed by atoms with Gasteiger partial charge in [0.05, 0.1) is 12.5 Å². The Balaban J connectivity index is 1.70. The summed E-state index contributed by atoms with van der Waals surface area (Å²) in [6, 6.07) is 23.3. The van der Waals surface area contributed by atoms with Crippen molar-refractivity contribution in [2.24, 2.45) is 5.92 Å². The number of esters is 1. The fourth-order valence-corrected chi connectivity index (χ4v) is 3.74. The lowest BCUT2D eigenvalue weighted by Gasteiger charge is -2.15. The van der Waals surface area contributed by atoms with Crippen LogP contribution in [0.5, 0.6) is 0 Å². The van der Waals surface area contributed by atoms with Gasteiger partial charge >= 0.3 is 5.97 Å². The maximum absolute atomic E-state index is 12.9. The van der Waals surface area contributed by atoms with Crippen LogP contribution in [0.1, 0.15) is 41.3 Å². The highest BCUT2D eigenvalue weighted by Gasteiger charge is 2.24. The number of Topliss-reactive ketones (excluding diaryl/α,β-unsaturated/α-hetero) is 1. The minimum Gasteiger partial charge on any atom is -0.466 e. The third-order valence-electron chi connectivity index (χ3n) is 5.44. The van der Waals surface area contributed by atoms with E-state index in [1.807, 2.05) is 79.7 Å². The molecule has 3 rings (SSSR count). The van der Waals surface area contributed by atoms with Crippen LogP contribution in [0, 0.1) is 12.8 Å². The predicted octanol–water partition coefficient (Wildman–Crippen LogP) is 5.63. The molecule has 31 heavy (non-hydrogen) atoms. The maximum atomic E-state index is 12.9. The van der Waals surface area contributed by atoms with Crippen LogP contribution in [0.2, 0.25) is 0 Å². The summed E-state index contributed by atoms with van der Waals surface area (Å²) in [6.45, 7) is 4.11. The van der Waals surface area contributed by atoms with Crippen molar-refractivity contribution in [3.63, 3.8) is 0 Å². The van der Waals surface area contributed by atoms with Gasteiger partial charge in [-0.15, -0.1) is 0 Å². The highest BCUT2D eigenvalue weighted by Crippen LogP contribution is 2.26. The second kappa shape index (κ2) is 10.6. The third-order valence-corrected chi connectivity index (χ3v) is 5.44. The number of carbonyl (C=O) groups excluding carboxylic acids is 2. The summed E-state index contributed by atoms with van der Waals surface area (Å²) in [5.41, 5.74) is 11.5. The van der Waals surface area contributed by atoms with E-state index in [0.29, 0.717) is 18.6 Å². The molecule has 2 N–H and O–H groups in total. The van der Waals surface area contributed by atoms with Gasteiger partial charge in [0.25, 0.3) is 0 Å². The van der Waals surface area contributed by atoms with Crippen LogP contribution in [0.25, 0.3) is 11.1 Å². The molecule has 4 heteroatoms. The first-order valence-electron chi connectivity index (χ1n) is 10.7. The first kappa shape index (κ1) is 22.3. The van der Waals surface area contributed by atoms with Crippen molar-refractivity contribution in [2.75, 3.05) is 12.3 Å². The van der Waals surface area contributed by atoms with Crippen LogP contribution < -0.4 is 5.73 Å². The first-order chi connectivity index (χ1) is 15.0. The molecule has 1 atom stereocenters. The van der Waals surface area contributed by atoms with Gasteiger partial charge in [0.1, 0.15) is 0 Å². The number of aryl methyl sites for hydroxylation is 2. The maximum Gasteiger partial charge on any atom is 0.309 e. The number of nitrogens with two attached hydrogens (primary N) is 1.